The van der Waals surface area contributed by atoms with Crippen molar-refractivity contribution < 1.29 is 22.1 Å². The predicted molar refractivity (Wildman–Crippen MR) is 104 cm³/mol. The highest BCUT2D eigenvalue weighted by molar-refractivity contribution is 7.86. The number of hydrogen-bond acceptors (Lipinski definition) is 6. The minimum atomic E-state index is -3.59. The van der Waals surface area contributed by atoms with Gasteiger partial charge in [-0.1, -0.05) is 42.5 Å². The molecule has 0 radical (unpaired) electrons. The zero-order valence-corrected chi connectivity index (χ0v) is 16.3. The number of nitrogens with two attached hydrogens (primary N) is 1. The zero-order chi connectivity index (χ0) is 19.9. The first-order chi connectivity index (χ1) is 12.8. The van der Waals surface area contributed by atoms with Crippen molar-refractivity contribution in [3.05, 3.63) is 65.7 Å². The fourth-order valence-corrected chi connectivity index (χ4v) is 3.35. The maximum absolute atomic E-state index is 12.1. The van der Waals surface area contributed by atoms with Gasteiger partial charge in [0.1, 0.15) is 5.75 Å². The second-order valence-electron chi connectivity index (χ2n) is 6.33. The lowest BCUT2D eigenvalue weighted by Gasteiger charge is -2.24. The predicted octanol–water partition coefficient (Wildman–Crippen LogP) is 2.63. The van der Waals surface area contributed by atoms with E-state index in [-0.39, 0.29) is 30.1 Å². The molecule has 0 aliphatic rings. The summed E-state index contributed by atoms with van der Waals surface area (Å²) in [6.07, 6.45) is 1.74. The Labute approximate surface area is 160 Å². The fraction of sp³-hybridized carbons (Fsp3) is 0.350. The first-order valence-corrected chi connectivity index (χ1v) is 10.5. The average molecular weight is 391 g/mol. The quantitative estimate of drug-likeness (QED) is 0.521. The molecule has 0 amide bonds. The van der Waals surface area contributed by atoms with Crippen LogP contribution in [-0.4, -0.2) is 33.3 Å². The van der Waals surface area contributed by atoms with E-state index in [9.17, 15) is 13.2 Å². The van der Waals surface area contributed by atoms with Crippen molar-refractivity contribution in [2.24, 2.45) is 5.73 Å². The van der Waals surface area contributed by atoms with Crippen LogP contribution in [-0.2, 0) is 26.1 Å². The van der Waals surface area contributed by atoms with E-state index in [1.807, 2.05) is 30.3 Å². The van der Waals surface area contributed by atoms with E-state index in [1.165, 1.54) is 0 Å². The van der Waals surface area contributed by atoms with Crippen molar-refractivity contribution >= 4 is 16.1 Å². The number of benzene rings is 2. The molecule has 0 bridgehead atoms. The van der Waals surface area contributed by atoms with E-state index in [0.29, 0.717) is 13.0 Å². The molecule has 0 spiro atoms. The summed E-state index contributed by atoms with van der Waals surface area (Å²) in [4.78, 5) is 12.1. The molecule has 2 aromatic rings. The van der Waals surface area contributed by atoms with E-state index in [1.54, 1.807) is 31.2 Å². The lowest BCUT2D eigenvalue weighted by atomic mass is 9.85. The second-order valence-corrected chi connectivity index (χ2v) is 7.90. The SMILES string of the molecule is CCOC(=O)CC(c1ccc(OS(C)(=O)=O)cc1)C(N)Cc1ccccc1. The van der Waals surface area contributed by atoms with Gasteiger partial charge in [0.05, 0.1) is 19.3 Å². The summed E-state index contributed by atoms with van der Waals surface area (Å²) in [5, 5.41) is 0. The van der Waals surface area contributed by atoms with E-state index >= 15 is 0 Å². The second kappa shape index (κ2) is 9.53. The van der Waals surface area contributed by atoms with Crippen molar-refractivity contribution in [3.8, 4) is 5.75 Å². The molecule has 2 unspecified atom stereocenters. The molecule has 0 aromatic heterocycles. The summed E-state index contributed by atoms with van der Waals surface area (Å²) in [7, 11) is -3.59. The molecule has 27 heavy (non-hydrogen) atoms. The summed E-state index contributed by atoms with van der Waals surface area (Å²) in [6.45, 7) is 2.06. The Bertz CT molecular complexity index is 834. The van der Waals surface area contributed by atoms with Crippen LogP contribution in [0, 0.1) is 0 Å². The standard InChI is InChI=1S/C20H25NO5S/c1-3-25-20(22)14-18(19(21)13-15-7-5-4-6-8-15)16-9-11-17(12-10-16)26-27(2,23)24/h4-12,18-19H,3,13-14,21H2,1-2H3. The lowest BCUT2D eigenvalue weighted by molar-refractivity contribution is -0.143. The number of esters is 1. The summed E-state index contributed by atoms with van der Waals surface area (Å²) < 4.78 is 32.4. The number of ether oxygens (including phenoxy) is 1. The van der Waals surface area contributed by atoms with Gasteiger partial charge in [0.15, 0.2) is 0 Å². The minimum absolute atomic E-state index is 0.147. The highest BCUT2D eigenvalue weighted by Crippen LogP contribution is 2.27. The maximum Gasteiger partial charge on any atom is 0.306 e. The Kier molecular flexibility index (Phi) is 7.38. The highest BCUT2D eigenvalue weighted by Gasteiger charge is 2.24. The van der Waals surface area contributed by atoms with Gasteiger partial charge in [-0.05, 0) is 36.6 Å². The van der Waals surface area contributed by atoms with Crippen LogP contribution in [0.4, 0.5) is 0 Å². The number of carbonyl (C=O) groups is 1. The van der Waals surface area contributed by atoms with E-state index in [0.717, 1.165) is 17.4 Å². The zero-order valence-electron chi connectivity index (χ0n) is 15.5. The van der Waals surface area contributed by atoms with Crippen LogP contribution < -0.4 is 9.92 Å². The minimum Gasteiger partial charge on any atom is -0.466 e. The molecule has 2 aromatic carbocycles. The van der Waals surface area contributed by atoms with Crippen LogP contribution in [0.3, 0.4) is 0 Å². The molecule has 0 saturated heterocycles. The van der Waals surface area contributed by atoms with Gasteiger partial charge in [0, 0.05) is 12.0 Å². The molecule has 0 aliphatic carbocycles. The summed E-state index contributed by atoms with van der Waals surface area (Å²) in [5.74, 6) is -0.369. The monoisotopic (exact) mass is 391 g/mol. The van der Waals surface area contributed by atoms with Crippen LogP contribution in [0.5, 0.6) is 5.75 Å². The normalized spacial score (nSPS) is 13.6. The fourth-order valence-electron chi connectivity index (χ4n) is 2.89. The van der Waals surface area contributed by atoms with Gasteiger partial charge in [-0.3, -0.25) is 4.79 Å². The molecule has 146 valence electrons. The maximum atomic E-state index is 12.1. The van der Waals surface area contributed by atoms with Crippen LogP contribution in [0.25, 0.3) is 0 Å². The van der Waals surface area contributed by atoms with Crippen molar-refractivity contribution in [2.75, 3.05) is 12.9 Å². The van der Waals surface area contributed by atoms with Crippen molar-refractivity contribution in [3.63, 3.8) is 0 Å². The number of carbonyl (C=O) groups excluding carboxylic acids is 1. The Hall–Kier alpha value is -2.38. The van der Waals surface area contributed by atoms with Gasteiger partial charge in [-0.25, -0.2) is 0 Å². The summed E-state index contributed by atoms with van der Waals surface area (Å²) >= 11 is 0. The molecule has 0 fully saturated rings. The molecular formula is C20H25NO5S. The van der Waals surface area contributed by atoms with Crippen LogP contribution in [0.1, 0.15) is 30.4 Å². The molecular weight excluding hydrogens is 366 g/mol. The summed E-state index contributed by atoms with van der Waals surface area (Å²) in [6, 6.07) is 16.1. The highest BCUT2D eigenvalue weighted by atomic mass is 32.2. The van der Waals surface area contributed by atoms with Crippen LogP contribution >= 0.6 is 0 Å². The molecule has 6 nitrogen and oxygen atoms in total. The van der Waals surface area contributed by atoms with Crippen LogP contribution in [0.15, 0.2) is 54.6 Å². The number of hydrogen-bond donors (Lipinski definition) is 1. The smallest absolute Gasteiger partial charge is 0.306 e. The van der Waals surface area contributed by atoms with E-state index in [4.69, 9.17) is 14.7 Å². The lowest BCUT2D eigenvalue weighted by Crippen LogP contribution is -2.32. The topological polar surface area (TPSA) is 95.7 Å². The third-order valence-corrected chi connectivity index (χ3v) is 4.57. The van der Waals surface area contributed by atoms with Gasteiger partial charge in [-0.15, -0.1) is 0 Å². The third-order valence-electron chi connectivity index (χ3n) is 4.08. The van der Waals surface area contributed by atoms with Gasteiger partial charge >= 0.3 is 16.1 Å². The van der Waals surface area contributed by atoms with E-state index < -0.39 is 10.1 Å². The molecule has 0 aliphatic heterocycles. The van der Waals surface area contributed by atoms with Crippen LogP contribution in [0.2, 0.25) is 0 Å². The molecule has 0 saturated carbocycles. The van der Waals surface area contributed by atoms with E-state index in [2.05, 4.69) is 0 Å². The van der Waals surface area contributed by atoms with Crippen molar-refractivity contribution in [2.45, 2.75) is 31.7 Å². The Balaban J connectivity index is 2.21. The van der Waals surface area contributed by atoms with Gasteiger partial charge in [-0.2, -0.15) is 8.42 Å². The Morgan fingerprint density at radius 3 is 2.26 bits per heavy atom. The first kappa shape index (κ1) is 20.9. The Morgan fingerprint density at radius 1 is 1.07 bits per heavy atom. The largest absolute Gasteiger partial charge is 0.466 e. The molecule has 0 heterocycles. The van der Waals surface area contributed by atoms with Crippen molar-refractivity contribution in [1.29, 1.82) is 0 Å². The van der Waals surface area contributed by atoms with Gasteiger partial charge in [0.25, 0.3) is 0 Å². The summed E-state index contributed by atoms with van der Waals surface area (Å²) in [5.41, 5.74) is 8.34. The molecule has 2 atom stereocenters. The van der Waals surface area contributed by atoms with Gasteiger partial charge < -0.3 is 14.7 Å². The number of rotatable bonds is 9. The van der Waals surface area contributed by atoms with Gasteiger partial charge in [0.2, 0.25) is 0 Å². The molecule has 7 heteroatoms. The Morgan fingerprint density at radius 2 is 1.70 bits per heavy atom. The van der Waals surface area contributed by atoms with Crippen molar-refractivity contribution in [1.82, 2.24) is 0 Å². The molecule has 2 N–H and O–H groups in total. The molecule has 2 rings (SSSR count). The average Bonchev–Trinajstić information content (AvgIpc) is 2.60. The first-order valence-electron chi connectivity index (χ1n) is 8.73. The third kappa shape index (κ3) is 7.03.